The Labute approximate surface area is 170 Å². The summed E-state index contributed by atoms with van der Waals surface area (Å²) in [5, 5.41) is 9.81. The van der Waals surface area contributed by atoms with E-state index in [1.165, 1.54) is 12.1 Å². The van der Waals surface area contributed by atoms with Gasteiger partial charge >= 0.3 is 6.16 Å². The van der Waals surface area contributed by atoms with Crippen LogP contribution in [0.25, 0.3) is 21.6 Å². The summed E-state index contributed by atoms with van der Waals surface area (Å²) < 4.78 is 38.6. The third-order valence-electron chi connectivity index (χ3n) is 4.17. The fraction of sp³-hybridized carbons (Fsp3) is 0.0500. The number of carboxylic acid groups (broad SMARTS) is 1. The van der Waals surface area contributed by atoms with Crippen LogP contribution in [0.15, 0.2) is 70.0 Å². The van der Waals surface area contributed by atoms with E-state index in [0.29, 0.717) is 21.8 Å². The minimum absolute atomic E-state index is 0.0242. The van der Waals surface area contributed by atoms with Crippen molar-refractivity contribution in [2.45, 2.75) is 11.8 Å². The zero-order valence-electron chi connectivity index (χ0n) is 15.1. The van der Waals surface area contributed by atoms with Gasteiger partial charge in [0, 0.05) is 5.39 Å². The summed E-state index contributed by atoms with van der Waals surface area (Å²) in [6.07, 6.45) is -1.54. The highest BCUT2D eigenvalue weighted by Crippen LogP contribution is 2.43. The van der Waals surface area contributed by atoms with Crippen LogP contribution in [-0.4, -0.2) is 19.7 Å². The van der Waals surface area contributed by atoms with Gasteiger partial charge in [0.05, 0.1) is 9.77 Å². The first-order valence-corrected chi connectivity index (χ1v) is 10.8. The number of nitrogens with one attached hydrogen (secondary N) is 1. The van der Waals surface area contributed by atoms with Gasteiger partial charge < -0.3 is 14.3 Å². The summed E-state index contributed by atoms with van der Waals surface area (Å²) in [4.78, 5) is 11.7. The van der Waals surface area contributed by atoms with Crippen LogP contribution < -0.4 is 9.46 Å². The molecule has 4 rings (SSSR count). The van der Waals surface area contributed by atoms with E-state index in [0.717, 1.165) is 16.7 Å². The zero-order chi connectivity index (χ0) is 20.6. The molecule has 0 bridgehead atoms. The molecule has 4 aromatic rings. The minimum Gasteiger partial charge on any atom is -0.455 e. The molecule has 0 unspecified atom stereocenters. The van der Waals surface area contributed by atoms with E-state index in [4.69, 9.17) is 14.3 Å². The maximum Gasteiger partial charge on any atom is 0.512 e. The molecule has 2 heterocycles. The average molecular weight is 429 g/mol. The Balaban J connectivity index is 1.76. The van der Waals surface area contributed by atoms with Gasteiger partial charge in [0.25, 0.3) is 10.0 Å². The molecule has 0 saturated carbocycles. The van der Waals surface area contributed by atoms with Crippen molar-refractivity contribution in [2.75, 3.05) is 4.72 Å². The fourth-order valence-electron chi connectivity index (χ4n) is 2.88. The van der Waals surface area contributed by atoms with E-state index in [-0.39, 0.29) is 15.6 Å². The van der Waals surface area contributed by atoms with Crippen LogP contribution in [0.4, 0.5) is 10.5 Å². The molecule has 0 aliphatic rings. The monoisotopic (exact) mass is 429 g/mol. The summed E-state index contributed by atoms with van der Waals surface area (Å²) >= 11 is 0.972. The van der Waals surface area contributed by atoms with Crippen LogP contribution in [0.5, 0.6) is 5.06 Å². The van der Waals surface area contributed by atoms with Gasteiger partial charge in [-0.15, -0.1) is 0 Å². The zero-order valence-corrected chi connectivity index (χ0v) is 16.7. The Kier molecular flexibility index (Phi) is 4.77. The Morgan fingerprint density at radius 1 is 1.10 bits per heavy atom. The number of carbonyl (C=O) groups is 1. The van der Waals surface area contributed by atoms with Gasteiger partial charge in [0.15, 0.2) is 0 Å². The number of rotatable bonds is 5. The molecule has 2 aromatic carbocycles. The molecule has 0 saturated heterocycles. The molecule has 0 aliphatic carbocycles. The second kappa shape index (κ2) is 7.26. The van der Waals surface area contributed by atoms with Crippen LogP contribution in [0.3, 0.4) is 0 Å². The second-order valence-electron chi connectivity index (χ2n) is 6.20. The second-order valence-corrected chi connectivity index (χ2v) is 8.86. The molecule has 9 heteroatoms. The van der Waals surface area contributed by atoms with Crippen LogP contribution in [0.2, 0.25) is 0 Å². The Morgan fingerprint density at radius 2 is 1.83 bits per heavy atom. The molecule has 29 heavy (non-hydrogen) atoms. The normalized spacial score (nSPS) is 11.5. The number of benzene rings is 2. The smallest absolute Gasteiger partial charge is 0.455 e. The third kappa shape index (κ3) is 3.82. The van der Waals surface area contributed by atoms with Crippen molar-refractivity contribution in [3.8, 4) is 15.7 Å². The number of anilines is 1. The van der Waals surface area contributed by atoms with Gasteiger partial charge in [-0.2, -0.15) is 0 Å². The van der Waals surface area contributed by atoms with Crippen molar-refractivity contribution < 1.29 is 27.5 Å². The Hall–Kier alpha value is -3.30. The maximum atomic E-state index is 12.8. The molecule has 148 valence electrons. The molecule has 2 aromatic heterocycles. The summed E-state index contributed by atoms with van der Waals surface area (Å²) in [7, 11) is -3.94. The topological polar surface area (TPSA) is 106 Å². The lowest BCUT2D eigenvalue weighted by molar-refractivity contribution is 0.146. The standard InChI is InChI=1S/C20H15NO6S2/c1-12-6-2-5-9-18(12)29(24,25)21-14-11-17(28-19(14)27-20(22)23)16-10-13-7-3-4-8-15(13)26-16/h2-11,21H,1H3,(H,22,23). The molecular formula is C20H15NO6S2. The summed E-state index contributed by atoms with van der Waals surface area (Å²) in [6.45, 7) is 1.68. The predicted molar refractivity (Wildman–Crippen MR) is 110 cm³/mol. The summed E-state index contributed by atoms with van der Waals surface area (Å²) in [6, 6.07) is 17.2. The largest absolute Gasteiger partial charge is 0.512 e. The van der Waals surface area contributed by atoms with Crippen LogP contribution in [-0.2, 0) is 10.0 Å². The lowest BCUT2D eigenvalue weighted by atomic mass is 10.2. The van der Waals surface area contributed by atoms with Crippen molar-refractivity contribution in [3.63, 3.8) is 0 Å². The molecule has 0 aliphatic heterocycles. The first kappa shape index (κ1) is 19.0. The molecular weight excluding hydrogens is 414 g/mol. The van der Waals surface area contributed by atoms with Gasteiger partial charge in [-0.05, 0) is 36.8 Å². The molecule has 2 N–H and O–H groups in total. The number of hydrogen-bond donors (Lipinski definition) is 2. The van der Waals surface area contributed by atoms with Crippen molar-refractivity contribution >= 4 is 44.2 Å². The first-order chi connectivity index (χ1) is 13.8. The highest BCUT2D eigenvalue weighted by molar-refractivity contribution is 7.92. The van der Waals surface area contributed by atoms with Crippen molar-refractivity contribution in [2.24, 2.45) is 0 Å². The number of fused-ring (bicyclic) bond motifs is 1. The number of furan rings is 1. The molecule has 7 nitrogen and oxygen atoms in total. The number of ether oxygens (including phenoxy) is 1. The van der Waals surface area contributed by atoms with Gasteiger partial charge in [-0.1, -0.05) is 47.7 Å². The molecule has 0 atom stereocenters. The number of thiophene rings is 1. The summed E-state index contributed by atoms with van der Waals surface area (Å²) in [5.41, 5.74) is 1.25. The van der Waals surface area contributed by atoms with Crippen LogP contribution in [0.1, 0.15) is 5.56 Å². The van der Waals surface area contributed by atoms with Crippen molar-refractivity contribution in [1.82, 2.24) is 0 Å². The van der Waals surface area contributed by atoms with E-state index in [1.807, 2.05) is 24.3 Å². The maximum absolute atomic E-state index is 12.8. The quantitative estimate of drug-likeness (QED) is 0.416. The van der Waals surface area contributed by atoms with E-state index >= 15 is 0 Å². The lowest BCUT2D eigenvalue weighted by Crippen LogP contribution is -2.15. The van der Waals surface area contributed by atoms with E-state index in [2.05, 4.69) is 4.72 Å². The van der Waals surface area contributed by atoms with Crippen molar-refractivity contribution in [3.05, 3.63) is 66.2 Å². The average Bonchev–Trinajstić information content (AvgIpc) is 3.25. The number of para-hydroxylation sites is 1. The summed E-state index contributed by atoms with van der Waals surface area (Å²) in [5.74, 6) is 0.479. The molecule has 0 fully saturated rings. The van der Waals surface area contributed by atoms with E-state index in [1.54, 1.807) is 31.2 Å². The minimum atomic E-state index is -3.94. The van der Waals surface area contributed by atoms with E-state index < -0.39 is 16.2 Å². The highest BCUT2D eigenvalue weighted by atomic mass is 32.2. The Bertz CT molecular complexity index is 1290. The predicted octanol–water partition coefficient (Wildman–Crippen LogP) is 5.33. The SMILES string of the molecule is Cc1ccccc1S(=O)(=O)Nc1cc(-c2cc3ccccc3o2)sc1OC(=O)O. The Morgan fingerprint density at radius 3 is 2.55 bits per heavy atom. The van der Waals surface area contributed by atoms with Gasteiger partial charge in [-0.3, -0.25) is 4.72 Å². The van der Waals surface area contributed by atoms with Crippen molar-refractivity contribution in [1.29, 1.82) is 0 Å². The van der Waals surface area contributed by atoms with E-state index in [9.17, 15) is 13.2 Å². The van der Waals surface area contributed by atoms with Gasteiger partial charge in [0.1, 0.15) is 17.0 Å². The van der Waals surface area contributed by atoms with Crippen LogP contribution in [0, 0.1) is 6.92 Å². The van der Waals surface area contributed by atoms with Gasteiger partial charge in [0.2, 0.25) is 5.06 Å². The lowest BCUT2D eigenvalue weighted by Gasteiger charge is -2.10. The molecule has 0 radical (unpaired) electrons. The molecule has 0 spiro atoms. The fourth-order valence-corrected chi connectivity index (χ4v) is 5.16. The van der Waals surface area contributed by atoms with Crippen LogP contribution >= 0.6 is 11.3 Å². The number of hydrogen-bond acceptors (Lipinski definition) is 6. The van der Waals surface area contributed by atoms with Gasteiger partial charge in [-0.25, -0.2) is 13.2 Å². The highest BCUT2D eigenvalue weighted by Gasteiger charge is 2.23. The molecule has 0 amide bonds. The number of aryl methyl sites for hydroxylation is 1. The third-order valence-corrected chi connectivity index (χ3v) is 6.73. The number of sulfonamides is 1. The first-order valence-electron chi connectivity index (χ1n) is 8.45.